The third-order valence-corrected chi connectivity index (χ3v) is 3.89. The van der Waals surface area contributed by atoms with Crippen molar-refractivity contribution in [3.63, 3.8) is 0 Å². The molecule has 0 bridgehead atoms. The third kappa shape index (κ3) is 3.30. The van der Waals surface area contributed by atoms with Crippen LogP contribution in [0.3, 0.4) is 0 Å². The molecule has 3 rings (SSSR count). The Morgan fingerprint density at radius 1 is 1.32 bits per heavy atom. The van der Waals surface area contributed by atoms with Gasteiger partial charge in [-0.3, -0.25) is 4.68 Å². The first-order valence-electron chi connectivity index (χ1n) is 7.06. The molecular weight excluding hydrogens is 359 g/mol. The van der Waals surface area contributed by atoms with E-state index >= 15 is 0 Å². The average Bonchev–Trinajstić information content (AvgIpc) is 3.02. The largest absolute Gasteiger partial charge is 0.435 e. The van der Waals surface area contributed by atoms with Gasteiger partial charge in [0.05, 0.1) is 0 Å². The molecule has 0 saturated carbocycles. The minimum Gasteiger partial charge on any atom is -0.402 e. The molecule has 2 aromatic rings. The number of rotatable bonds is 2. The van der Waals surface area contributed by atoms with Crippen molar-refractivity contribution in [2.45, 2.75) is 13.1 Å². The Bertz CT molecular complexity index is 929. The fourth-order valence-corrected chi connectivity index (χ4v) is 2.49. The number of hydrogen-bond donors (Lipinski definition) is 0. The van der Waals surface area contributed by atoms with Crippen LogP contribution in [0.4, 0.5) is 13.2 Å². The molecule has 0 unspecified atom stereocenters. The quantitative estimate of drug-likeness (QED) is 0.598. The van der Waals surface area contributed by atoms with Gasteiger partial charge in [-0.2, -0.15) is 18.3 Å². The Hall–Kier alpha value is -2.61. The Balaban J connectivity index is 2.07. The highest BCUT2D eigenvalue weighted by molar-refractivity contribution is 6.31. The van der Waals surface area contributed by atoms with Crippen molar-refractivity contribution >= 4 is 29.5 Å². The van der Waals surface area contributed by atoms with Crippen LogP contribution in [-0.4, -0.2) is 21.6 Å². The lowest BCUT2D eigenvalue weighted by Crippen LogP contribution is -2.08. The van der Waals surface area contributed by atoms with Gasteiger partial charge in [-0.1, -0.05) is 29.3 Å². The van der Waals surface area contributed by atoms with Gasteiger partial charge in [0.1, 0.15) is 5.15 Å². The number of hydrogen-bond acceptors (Lipinski definition) is 4. The predicted molar refractivity (Wildman–Crippen MR) is 85.0 cm³/mol. The summed E-state index contributed by atoms with van der Waals surface area (Å²) < 4.78 is 45.2. The van der Waals surface area contributed by atoms with Crippen LogP contribution in [0.1, 0.15) is 22.4 Å². The molecule has 25 heavy (non-hydrogen) atoms. The molecule has 5 nitrogen and oxygen atoms in total. The summed E-state index contributed by atoms with van der Waals surface area (Å²) >= 11 is 5.88. The van der Waals surface area contributed by atoms with Crippen molar-refractivity contribution in [2.75, 3.05) is 0 Å². The van der Waals surface area contributed by atoms with E-state index in [-0.39, 0.29) is 16.7 Å². The van der Waals surface area contributed by atoms with E-state index in [0.717, 1.165) is 16.3 Å². The van der Waals surface area contributed by atoms with Crippen molar-refractivity contribution in [3.05, 3.63) is 57.5 Å². The van der Waals surface area contributed by atoms with Gasteiger partial charge in [0.25, 0.3) is 0 Å². The summed E-state index contributed by atoms with van der Waals surface area (Å²) in [7, 11) is 1.27. The van der Waals surface area contributed by atoms with E-state index in [9.17, 15) is 18.0 Å². The fourth-order valence-electron chi connectivity index (χ4n) is 2.30. The maximum absolute atomic E-state index is 13.1. The minimum atomic E-state index is -4.72. The standard InChI is InChI=1S/C16H11ClF3N3O2/c1-8-4-3-5-9(6-8)14-21-11(15(24)25-14)7-10-12(16(18,19)20)22-23(2)13(10)17/h3-7H,1-2H3/b11-7-. The van der Waals surface area contributed by atoms with E-state index < -0.39 is 23.4 Å². The van der Waals surface area contributed by atoms with Crippen molar-refractivity contribution in [1.29, 1.82) is 0 Å². The molecule has 9 heteroatoms. The van der Waals surface area contributed by atoms with E-state index in [1.54, 1.807) is 18.2 Å². The number of nitrogens with zero attached hydrogens (tertiary/aromatic N) is 3. The highest BCUT2D eigenvalue weighted by atomic mass is 35.5. The number of carbonyl (C=O) groups is 1. The van der Waals surface area contributed by atoms with Gasteiger partial charge in [0, 0.05) is 18.2 Å². The molecule has 0 fully saturated rings. The number of alkyl halides is 3. The highest BCUT2D eigenvalue weighted by Crippen LogP contribution is 2.36. The van der Waals surface area contributed by atoms with Crippen LogP contribution in [-0.2, 0) is 22.8 Å². The number of cyclic esters (lactones) is 1. The lowest BCUT2D eigenvalue weighted by molar-refractivity contribution is -0.141. The van der Waals surface area contributed by atoms with Crippen LogP contribution in [0, 0.1) is 6.92 Å². The van der Waals surface area contributed by atoms with E-state index in [4.69, 9.17) is 16.3 Å². The molecule has 130 valence electrons. The van der Waals surface area contributed by atoms with E-state index in [1.165, 1.54) is 7.05 Å². The number of carbonyl (C=O) groups excluding carboxylic acids is 1. The van der Waals surface area contributed by atoms with Gasteiger partial charge < -0.3 is 4.74 Å². The summed E-state index contributed by atoms with van der Waals surface area (Å²) in [5.74, 6) is -0.835. The number of benzene rings is 1. The number of aromatic nitrogens is 2. The maximum Gasteiger partial charge on any atom is 0.435 e. The van der Waals surface area contributed by atoms with E-state index in [1.807, 2.05) is 13.0 Å². The van der Waals surface area contributed by atoms with Crippen LogP contribution in [0.5, 0.6) is 0 Å². The summed E-state index contributed by atoms with van der Waals surface area (Å²) in [5.41, 5.74) is -0.442. The number of esters is 1. The Labute approximate surface area is 145 Å². The van der Waals surface area contributed by atoms with Crippen LogP contribution in [0.2, 0.25) is 5.15 Å². The lowest BCUT2D eigenvalue weighted by atomic mass is 10.1. The van der Waals surface area contributed by atoms with Gasteiger partial charge in [-0.25, -0.2) is 9.79 Å². The monoisotopic (exact) mass is 369 g/mol. The summed E-state index contributed by atoms with van der Waals surface area (Å²) in [4.78, 5) is 16.0. The zero-order valence-corrected chi connectivity index (χ0v) is 13.8. The SMILES string of the molecule is Cc1cccc(C2=N/C(=C\c3c(C(F)(F)F)nn(C)c3Cl)C(=O)O2)c1. The third-order valence-electron chi connectivity index (χ3n) is 3.45. The zero-order chi connectivity index (χ0) is 18.4. The molecule has 0 amide bonds. The van der Waals surface area contributed by atoms with Crippen LogP contribution >= 0.6 is 11.6 Å². The number of halogens is 4. The van der Waals surface area contributed by atoms with Gasteiger partial charge in [-0.05, 0) is 25.1 Å². The summed E-state index contributed by atoms with van der Waals surface area (Å²) in [6, 6.07) is 7.03. The molecule has 0 aliphatic carbocycles. The zero-order valence-electron chi connectivity index (χ0n) is 13.1. The molecular formula is C16H11ClF3N3O2. The molecule has 1 aromatic carbocycles. The smallest absolute Gasteiger partial charge is 0.402 e. The first-order chi connectivity index (χ1) is 11.7. The Morgan fingerprint density at radius 2 is 2.04 bits per heavy atom. The second-order valence-electron chi connectivity index (χ2n) is 5.38. The molecule has 0 atom stereocenters. The summed E-state index contributed by atoms with van der Waals surface area (Å²) in [6.07, 6.45) is -3.79. The maximum atomic E-state index is 13.1. The molecule has 1 aromatic heterocycles. The van der Waals surface area contributed by atoms with E-state index in [2.05, 4.69) is 10.1 Å². The average molecular weight is 370 g/mol. The van der Waals surface area contributed by atoms with Crippen LogP contribution in [0.15, 0.2) is 35.0 Å². The second-order valence-corrected chi connectivity index (χ2v) is 5.74. The number of aryl methyl sites for hydroxylation is 2. The Morgan fingerprint density at radius 3 is 2.68 bits per heavy atom. The normalized spacial score (nSPS) is 16.3. The second kappa shape index (κ2) is 6.03. The summed E-state index contributed by atoms with van der Waals surface area (Å²) in [6.45, 7) is 1.85. The van der Waals surface area contributed by atoms with Crippen molar-refractivity contribution in [2.24, 2.45) is 12.0 Å². The molecule has 0 saturated heterocycles. The van der Waals surface area contributed by atoms with Gasteiger partial charge >= 0.3 is 12.1 Å². The van der Waals surface area contributed by atoms with Crippen molar-refractivity contribution in [1.82, 2.24) is 9.78 Å². The minimum absolute atomic E-state index is 0.0218. The lowest BCUT2D eigenvalue weighted by Gasteiger charge is -2.03. The highest BCUT2D eigenvalue weighted by Gasteiger charge is 2.39. The van der Waals surface area contributed by atoms with Crippen LogP contribution < -0.4 is 0 Å². The van der Waals surface area contributed by atoms with Crippen molar-refractivity contribution < 1.29 is 22.7 Å². The summed E-state index contributed by atoms with van der Waals surface area (Å²) in [5, 5.41) is 3.09. The van der Waals surface area contributed by atoms with Gasteiger partial charge in [0.2, 0.25) is 5.90 Å². The van der Waals surface area contributed by atoms with Crippen molar-refractivity contribution in [3.8, 4) is 0 Å². The molecule has 1 aliphatic rings. The van der Waals surface area contributed by atoms with Gasteiger partial charge in [-0.15, -0.1) is 0 Å². The molecule has 0 radical (unpaired) electrons. The topological polar surface area (TPSA) is 56.5 Å². The predicted octanol–water partition coefficient (Wildman–Crippen LogP) is 3.75. The molecule has 2 heterocycles. The van der Waals surface area contributed by atoms with Gasteiger partial charge in [0.15, 0.2) is 11.4 Å². The number of ether oxygens (including phenoxy) is 1. The van der Waals surface area contributed by atoms with E-state index in [0.29, 0.717) is 5.56 Å². The number of aliphatic imine (C=N–C) groups is 1. The molecule has 1 aliphatic heterocycles. The first kappa shape index (κ1) is 17.2. The molecule has 0 spiro atoms. The molecule has 0 N–H and O–H groups in total. The van der Waals surface area contributed by atoms with Crippen LogP contribution in [0.25, 0.3) is 6.08 Å². The fraction of sp³-hybridized carbons (Fsp3) is 0.188. The first-order valence-corrected chi connectivity index (χ1v) is 7.44. The Kier molecular flexibility index (Phi) is 4.16.